The molecule has 0 fully saturated rings. The SMILES string of the molecule is CCCS(=O)(=O)Oc1cccs1. The summed E-state index contributed by atoms with van der Waals surface area (Å²) in [5.74, 6) is 0.0743. The van der Waals surface area contributed by atoms with E-state index in [1.165, 1.54) is 11.3 Å². The Morgan fingerprint density at radius 1 is 1.58 bits per heavy atom. The normalized spacial score (nSPS) is 11.4. The van der Waals surface area contributed by atoms with Crippen molar-refractivity contribution < 1.29 is 12.6 Å². The van der Waals surface area contributed by atoms with Crippen LogP contribution in [0.4, 0.5) is 0 Å². The van der Waals surface area contributed by atoms with Gasteiger partial charge in [-0.2, -0.15) is 8.42 Å². The Morgan fingerprint density at radius 2 is 2.33 bits per heavy atom. The van der Waals surface area contributed by atoms with Gasteiger partial charge in [-0.1, -0.05) is 6.92 Å². The highest BCUT2D eigenvalue weighted by Crippen LogP contribution is 2.20. The summed E-state index contributed by atoms with van der Waals surface area (Å²) < 4.78 is 26.9. The van der Waals surface area contributed by atoms with Crippen LogP contribution in [-0.2, 0) is 10.1 Å². The van der Waals surface area contributed by atoms with E-state index in [1.807, 2.05) is 0 Å². The molecule has 1 aromatic rings. The van der Waals surface area contributed by atoms with Crippen LogP contribution in [0.15, 0.2) is 17.5 Å². The van der Waals surface area contributed by atoms with Gasteiger partial charge >= 0.3 is 10.1 Å². The second-order valence-corrected chi connectivity index (χ2v) is 4.88. The van der Waals surface area contributed by atoms with Gasteiger partial charge in [0, 0.05) is 0 Å². The summed E-state index contributed by atoms with van der Waals surface area (Å²) in [6.45, 7) is 1.80. The van der Waals surface area contributed by atoms with Crippen LogP contribution in [0.25, 0.3) is 0 Å². The topological polar surface area (TPSA) is 43.4 Å². The van der Waals surface area contributed by atoms with Crippen LogP contribution in [0.3, 0.4) is 0 Å². The highest BCUT2D eigenvalue weighted by atomic mass is 32.2. The first-order valence-electron chi connectivity index (χ1n) is 3.60. The molecule has 0 amide bonds. The van der Waals surface area contributed by atoms with Crippen LogP contribution in [0.1, 0.15) is 13.3 Å². The van der Waals surface area contributed by atoms with Crippen molar-refractivity contribution in [3.63, 3.8) is 0 Å². The maximum Gasteiger partial charge on any atom is 0.309 e. The molecule has 0 spiro atoms. The van der Waals surface area contributed by atoms with Crippen molar-refractivity contribution in [1.82, 2.24) is 0 Å². The van der Waals surface area contributed by atoms with Crippen molar-refractivity contribution in [2.45, 2.75) is 13.3 Å². The summed E-state index contributed by atoms with van der Waals surface area (Å²) in [6.07, 6.45) is 0.577. The van der Waals surface area contributed by atoms with E-state index in [9.17, 15) is 8.42 Å². The highest BCUT2D eigenvalue weighted by Gasteiger charge is 2.10. The minimum Gasteiger partial charge on any atom is -0.371 e. The lowest BCUT2D eigenvalue weighted by Crippen LogP contribution is -2.12. The maximum absolute atomic E-state index is 11.1. The summed E-state index contributed by atoms with van der Waals surface area (Å²) in [7, 11) is -3.34. The number of hydrogen-bond donors (Lipinski definition) is 0. The Labute approximate surface area is 76.1 Å². The fourth-order valence-corrected chi connectivity index (χ4v) is 2.53. The average molecular weight is 206 g/mol. The molecule has 12 heavy (non-hydrogen) atoms. The molecule has 1 aromatic heterocycles. The molecule has 5 heteroatoms. The maximum atomic E-state index is 11.1. The van der Waals surface area contributed by atoms with Gasteiger partial charge in [-0.3, -0.25) is 0 Å². The van der Waals surface area contributed by atoms with Gasteiger partial charge in [0.15, 0.2) is 5.06 Å². The van der Waals surface area contributed by atoms with Crippen molar-refractivity contribution in [2.24, 2.45) is 0 Å². The van der Waals surface area contributed by atoms with E-state index in [0.29, 0.717) is 11.5 Å². The fraction of sp³-hybridized carbons (Fsp3) is 0.429. The molecule has 0 atom stereocenters. The Bertz CT molecular complexity index is 312. The third kappa shape index (κ3) is 2.83. The molecular formula is C7H10O3S2. The van der Waals surface area contributed by atoms with Crippen molar-refractivity contribution in [1.29, 1.82) is 0 Å². The minimum absolute atomic E-state index is 0.0743. The van der Waals surface area contributed by atoms with Gasteiger partial charge in [0.25, 0.3) is 0 Å². The molecule has 0 aliphatic rings. The first-order chi connectivity index (χ1) is 5.64. The van der Waals surface area contributed by atoms with E-state index in [-0.39, 0.29) is 5.75 Å². The van der Waals surface area contributed by atoms with Crippen LogP contribution in [0.2, 0.25) is 0 Å². The van der Waals surface area contributed by atoms with Gasteiger partial charge in [-0.25, -0.2) is 0 Å². The van der Waals surface area contributed by atoms with Crippen LogP contribution in [0, 0.1) is 0 Å². The number of thiophene rings is 1. The minimum atomic E-state index is -3.34. The standard InChI is InChI=1S/C7H10O3S2/c1-2-6-12(8,9)10-7-4-3-5-11-7/h3-5H,2,6H2,1H3. The van der Waals surface area contributed by atoms with Crippen molar-refractivity contribution in [3.8, 4) is 5.06 Å². The first kappa shape index (κ1) is 9.54. The van der Waals surface area contributed by atoms with Crippen LogP contribution in [-0.4, -0.2) is 14.2 Å². The molecule has 0 saturated carbocycles. The summed E-state index contributed by atoms with van der Waals surface area (Å²) in [5.41, 5.74) is 0. The molecule has 1 rings (SSSR count). The third-order valence-electron chi connectivity index (χ3n) is 1.16. The summed E-state index contributed by atoms with van der Waals surface area (Å²) in [4.78, 5) is 0. The van der Waals surface area contributed by atoms with E-state index in [4.69, 9.17) is 4.18 Å². The molecule has 0 bridgehead atoms. The molecule has 0 unspecified atom stereocenters. The van der Waals surface area contributed by atoms with E-state index < -0.39 is 10.1 Å². The average Bonchev–Trinajstić information content (AvgIpc) is 2.38. The van der Waals surface area contributed by atoms with Gasteiger partial charge in [0.2, 0.25) is 0 Å². The van der Waals surface area contributed by atoms with Crippen LogP contribution >= 0.6 is 11.3 Å². The predicted molar refractivity (Wildman–Crippen MR) is 49.0 cm³/mol. The Balaban J connectivity index is 2.63. The summed E-state index contributed by atoms with van der Waals surface area (Å²) >= 11 is 1.27. The predicted octanol–water partition coefficient (Wildman–Crippen LogP) is 1.87. The van der Waals surface area contributed by atoms with Gasteiger partial charge in [0.1, 0.15) is 0 Å². The third-order valence-corrected chi connectivity index (χ3v) is 3.35. The first-order valence-corrected chi connectivity index (χ1v) is 6.05. The highest BCUT2D eigenvalue weighted by molar-refractivity contribution is 7.87. The largest absolute Gasteiger partial charge is 0.371 e. The van der Waals surface area contributed by atoms with Crippen LogP contribution in [0.5, 0.6) is 5.06 Å². The molecule has 0 aliphatic carbocycles. The molecule has 68 valence electrons. The molecule has 0 N–H and O–H groups in total. The van der Waals surface area contributed by atoms with Crippen molar-refractivity contribution in [2.75, 3.05) is 5.75 Å². The molecule has 3 nitrogen and oxygen atoms in total. The van der Waals surface area contributed by atoms with Crippen molar-refractivity contribution in [3.05, 3.63) is 17.5 Å². The second-order valence-electron chi connectivity index (χ2n) is 2.28. The van der Waals surface area contributed by atoms with Crippen LogP contribution < -0.4 is 4.18 Å². The number of hydrogen-bond acceptors (Lipinski definition) is 4. The summed E-state index contributed by atoms with van der Waals surface area (Å²) in [6, 6.07) is 3.39. The molecule has 0 aromatic carbocycles. The zero-order valence-electron chi connectivity index (χ0n) is 6.69. The van der Waals surface area contributed by atoms with E-state index in [2.05, 4.69) is 0 Å². The monoisotopic (exact) mass is 206 g/mol. The van der Waals surface area contributed by atoms with Gasteiger partial charge < -0.3 is 4.18 Å². The second kappa shape index (κ2) is 3.91. The summed E-state index contributed by atoms with van der Waals surface area (Å²) in [5, 5.41) is 2.21. The van der Waals surface area contributed by atoms with Gasteiger partial charge in [-0.05, 0) is 23.9 Å². The molecule has 0 radical (unpaired) electrons. The zero-order chi connectivity index (χ0) is 9.03. The van der Waals surface area contributed by atoms with E-state index in [1.54, 1.807) is 24.4 Å². The van der Waals surface area contributed by atoms with Gasteiger partial charge in [-0.15, -0.1) is 11.3 Å². The Hall–Kier alpha value is -0.550. The smallest absolute Gasteiger partial charge is 0.309 e. The van der Waals surface area contributed by atoms with Gasteiger partial charge in [0.05, 0.1) is 5.75 Å². The molecule has 0 saturated heterocycles. The lowest BCUT2D eigenvalue weighted by atomic mass is 10.6. The number of rotatable bonds is 4. The van der Waals surface area contributed by atoms with E-state index in [0.717, 1.165) is 0 Å². The quantitative estimate of drug-likeness (QED) is 0.706. The fourth-order valence-electron chi connectivity index (χ4n) is 0.728. The molecule has 1 heterocycles. The Kier molecular flexibility index (Phi) is 3.11. The zero-order valence-corrected chi connectivity index (χ0v) is 8.32. The lowest BCUT2D eigenvalue weighted by molar-refractivity contribution is 0.491. The lowest BCUT2D eigenvalue weighted by Gasteiger charge is -2.01. The van der Waals surface area contributed by atoms with E-state index >= 15 is 0 Å². The molecular weight excluding hydrogens is 196 g/mol. The van der Waals surface area contributed by atoms with Crippen molar-refractivity contribution >= 4 is 21.5 Å². The Morgan fingerprint density at radius 3 is 2.83 bits per heavy atom. The molecule has 0 aliphatic heterocycles.